The number of ether oxygens (including phenoxy) is 2. The highest BCUT2D eigenvalue weighted by Crippen LogP contribution is 2.12. The van der Waals surface area contributed by atoms with E-state index in [4.69, 9.17) is 9.47 Å². The second kappa shape index (κ2) is 16.9. The van der Waals surface area contributed by atoms with E-state index in [-0.39, 0.29) is 24.7 Å². The molecule has 0 fully saturated rings. The molecule has 0 aliphatic rings. The summed E-state index contributed by atoms with van der Waals surface area (Å²) < 4.78 is 11.2. The van der Waals surface area contributed by atoms with Crippen molar-refractivity contribution < 1.29 is 19.1 Å². The first-order valence-corrected chi connectivity index (χ1v) is 12.2. The van der Waals surface area contributed by atoms with Gasteiger partial charge in [-0.25, -0.2) is 10.9 Å². The molecule has 0 radical (unpaired) electrons. The van der Waals surface area contributed by atoms with Crippen LogP contribution in [0.1, 0.15) is 69.9 Å². The second-order valence-corrected chi connectivity index (χ2v) is 7.98. The predicted octanol–water partition coefficient (Wildman–Crippen LogP) is 4.82. The highest BCUT2D eigenvalue weighted by molar-refractivity contribution is 5.84. The Labute approximate surface area is 207 Å². The molecular formula is C27H36N4O4. The standard InChI is InChI=1S/C27H36N4O4/c1-3-5-18-34-24-14-10-22(11-15-24)20-28-30-26(32)8-7-9-27(33)31-29-21-23-12-16-25(17-13-23)35-19-6-4-2/h10-17,20-21H,3-9,18-19H2,1-2H3,(H,30,32)(H,31,33)/b28-20+,29-21+. The van der Waals surface area contributed by atoms with Crippen LogP contribution < -0.4 is 20.3 Å². The van der Waals surface area contributed by atoms with Gasteiger partial charge in [0.15, 0.2) is 0 Å². The summed E-state index contributed by atoms with van der Waals surface area (Å²) >= 11 is 0. The van der Waals surface area contributed by atoms with Gasteiger partial charge >= 0.3 is 0 Å². The first-order chi connectivity index (χ1) is 17.1. The minimum Gasteiger partial charge on any atom is -0.494 e. The number of amides is 2. The lowest BCUT2D eigenvalue weighted by molar-refractivity contribution is -0.122. The SMILES string of the molecule is CCCCOc1ccc(/C=N/NC(=O)CCCC(=O)N/N=C/c2ccc(OCCCC)cc2)cc1. The van der Waals surface area contributed by atoms with E-state index < -0.39 is 0 Å². The van der Waals surface area contributed by atoms with Gasteiger partial charge in [-0.15, -0.1) is 0 Å². The third-order valence-corrected chi connectivity index (χ3v) is 4.91. The van der Waals surface area contributed by atoms with Gasteiger partial charge in [0.05, 0.1) is 25.6 Å². The van der Waals surface area contributed by atoms with E-state index in [0.29, 0.717) is 19.6 Å². The molecule has 0 aromatic heterocycles. The van der Waals surface area contributed by atoms with Crippen LogP contribution in [0.3, 0.4) is 0 Å². The Morgan fingerprint density at radius 3 is 1.46 bits per heavy atom. The Balaban J connectivity index is 1.59. The van der Waals surface area contributed by atoms with Crippen LogP contribution in [0.15, 0.2) is 58.7 Å². The topological polar surface area (TPSA) is 101 Å². The average Bonchev–Trinajstić information content (AvgIpc) is 2.86. The first kappa shape index (κ1) is 27.6. The fraction of sp³-hybridized carbons (Fsp3) is 0.407. The average molecular weight is 481 g/mol. The molecule has 8 nitrogen and oxygen atoms in total. The third-order valence-electron chi connectivity index (χ3n) is 4.91. The molecule has 2 aromatic rings. The normalized spacial score (nSPS) is 11.0. The zero-order chi connectivity index (χ0) is 25.1. The lowest BCUT2D eigenvalue weighted by Crippen LogP contribution is -2.20. The second-order valence-electron chi connectivity index (χ2n) is 7.98. The summed E-state index contributed by atoms with van der Waals surface area (Å²) in [5, 5.41) is 7.91. The molecule has 0 aliphatic carbocycles. The zero-order valence-electron chi connectivity index (χ0n) is 20.7. The summed E-state index contributed by atoms with van der Waals surface area (Å²) in [5.74, 6) is 1.12. The van der Waals surface area contributed by atoms with E-state index >= 15 is 0 Å². The summed E-state index contributed by atoms with van der Waals surface area (Å²) in [6, 6.07) is 15.0. The van der Waals surface area contributed by atoms with Crippen molar-refractivity contribution in [2.45, 2.75) is 58.8 Å². The Morgan fingerprint density at radius 2 is 1.09 bits per heavy atom. The Morgan fingerprint density at radius 1 is 0.686 bits per heavy atom. The smallest absolute Gasteiger partial charge is 0.240 e. The van der Waals surface area contributed by atoms with Gasteiger partial charge in [-0.05, 0) is 78.9 Å². The number of hydrazone groups is 2. The maximum Gasteiger partial charge on any atom is 0.240 e. The molecule has 0 saturated carbocycles. The lowest BCUT2D eigenvalue weighted by atomic mass is 10.2. The molecule has 2 aromatic carbocycles. The van der Waals surface area contributed by atoms with Crippen molar-refractivity contribution in [3.8, 4) is 11.5 Å². The van der Waals surface area contributed by atoms with Crippen molar-refractivity contribution in [1.29, 1.82) is 0 Å². The number of rotatable bonds is 16. The molecule has 2 amide bonds. The van der Waals surface area contributed by atoms with Crippen LogP contribution in [0.2, 0.25) is 0 Å². The monoisotopic (exact) mass is 480 g/mol. The van der Waals surface area contributed by atoms with Crippen LogP contribution in [0, 0.1) is 0 Å². The molecule has 0 aliphatic heterocycles. The van der Waals surface area contributed by atoms with Crippen molar-refractivity contribution in [1.82, 2.24) is 10.9 Å². The number of carbonyl (C=O) groups is 2. The summed E-state index contributed by atoms with van der Waals surface area (Å²) in [7, 11) is 0. The summed E-state index contributed by atoms with van der Waals surface area (Å²) in [5.41, 5.74) is 6.65. The van der Waals surface area contributed by atoms with Crippen LogP contribution in [0.4, 0.5) is 0 Å². The van der Waals surface area contributed by atoms with Gasteiger partial charge in [-0.3, -0.25) is 9.59 Å². The molecule has 0 atom stereocenters. The minimum absolute atomic E-state index is 0.193. The Kier molecular flexibility index (Phi) is 13.3. The van der Waals surface area contributed by atoms with E-state index in [0.717, 1.165) is 48.3 Å². The van der Waals surface area contributed by atoms with Crippen LogP contribution in [-0.4, -0.2) is 37.5 Å². The largest absolute Gasteiger partial charge is 0.494 e. The number of carbonyl (C=O) groups excluding carboxylic acids is 2. The molecule has 2 N–H and O–H groups in total. The molecule has 35 heavy (non-hydrogen) atoms. The maximum atomic E-state index is 11.9. The van der Waals surface area contributed by atoms with E-state index in [1.54, 1.807) is 12.4 Å². The van der Waals surface area contributed by atoms with Gasteiger partial charge in [0.2, 0.25) is 11.8 Å². The Bertz CT molecular complexity index is 863. The van der Waals surface area contributed by atoms with Crippen LogP contribution in [0.25, 0.3) is 0 Å². The number of hydrogen-bond acceptors (Lipinski definition) is 6. The molecule has 0 heterocycles. The highest BCUT2D eigenvalue weighted by Gasteiger charge is 2.04. The molecule has 0 saturated heterocycles. The highest BCUT2D eigenvalue weighted by atomic mass is 16.5. The van der Waals surface area contributed by atoms with E-state index in [2.05, 4.69) is 34.9 Å². The zero-order valence-corrected chi connectivity index (χ0v) is 20.7. The van der Waals surface area contributed by atoms with Gasteiger partial charge in [0, 0.05) is 12.8 Å². The van der Waals surface area contributed by atoms with Crippen molar-refractivity contribution >= 4 is 24.2 Å². The van der Waals surface area contributed by atoms with Gasteiger partial charge in [0.1, 0.15) is 11.5 Å². The fourth-order valence-corrected chi connectivity index (χ4v) is 2.85. The molecule has 2 rings (SSSR count). The van der Waals surface area contributed by atoms with Crippen molar-refractivity contribution in [2.24, 2.45) is 10.2 Å². The minimum atomic E-state index is -0.252. The van der Waals surface area contributed by atoms with Crippen molar-refractivity contribution in [3.63, 3.8) is 0 Å². The van der Waals surface area contributed by atoms with Crippen molar-refractivity contribution in [3.05, 3.63) is 59.7 Å². The van der Waals surface area contributed by atoms with Gasteiger partial charge in [-0.1, -0.05) is 26.7 Å². The van der Waals surface area contributed by atoms with Crippen LogP contribution in [-0.2, 0) is 9.59 Å². The fourth-order valence-electron chi connectivity index (χ4n) is 2.85. The van der Waals surface area contributed by atoms with Gasteiger partial charge in [-0.2, -0.15) is 10.2 Å². The van der Waals surface area contributed by atoms with E-state index in [1.165, 1.54) is 0 Å². The lowest BCUT2D eigenvalue weighted by Gasteiger charge is -2.05. The molecule has 0 bridgehead atoms. The molecule has 188 valence electrons. The molecule has 0 spiro atoms. The Hall–Kier alpha value is -3.68. The van der Waals surface area contributed by atoms with Crippen molar-refractivity contribution in [2.75, 3.05) is 13.2 Å². The number of nitrogens with one attached hydrogen (secondary N) is 2. The summed E-state index contributed by atoms with van der Waals surface area (Å²) in [4.78, 5) is 23.8. The van der Waals surface area contributed by atoms with Crippen LogP contribution >= 0.6 is 0 Å². The molecular weight excluding hydrogens is 444 g/mol. The molecule has 0 unspecified atom stereocenters. The van der Waals surface area contributed by atoms with Gasteiger partial charge in [0.25, 0.3) is 0 Å². The van der Waals surface area contributed by atoms with Gasteiger partial charge < -0.3 is 9.47 Å². The third kappa shape index (κ3) is 12.4. The van der Waals surface area contributed by atoms with E-state index in [1.807, 2.05) is 48.5 Å². The van der Waals surface area contributed by atoms with E-state index in [9.17, 15) is 9.59 Å². The number of unbranched alkanes of at least 4 members (excludes halogenated alkanes) is 2. The quantitative estimate of drug-likeness (QED) is 0.204. The number of nitrogens with zero attached hydrogens (tertiary/aromatic N) is 2. The molecule has 8 heteroatoms. The first-order valence-electron chi connectivity index (χ1n) is 12.2. The maximum absolute atomic E-state index is 11.9. The van der Waals surface area contributed by atoms with Crippen LogP contribution in [0.5, 0.6) is 11.5 Å². The number of benzene rings is 2. The summed E-state index contributed by atoms with van der Waals surface area (Å²) in [6.07, 6.45) is 8.15. The summed E-state index contributed by atoms with van der Waals surface area (Å²) in [6.45, 7) is 5.64. The number of hydrogen-bond donors (Lipinski definition) is 2. The predicted molar refractivity (Wildman–Crippen MR) is 139 cm³/mol.